The lowest BCUT2D eigenvalue weighted by molar-refractivity contribution is -0.0525. The maximum atomic E-state index is 12.1. The molecule has 1 aliphatic rings. The van der Waals surface area contributed by atoms with Crippen LogP contribution in [0.4, 0.5) is 13.2 Å². The minimum Gasteiger partial charge on any atom is -0.381 e. The highest BCUT2D eigenvalue weighted by Gasteiger charge is 2.49. The second-order valence-electron chi connectivity index (χ2n) is 3.88. The number of rotatable bonds is 2. The Kier molecular flexibility index (Phi) is 3.56. The molecule has 0 aromatic rings. The summed E-state index contributed by atoms with van der Waals surface area (Å²) in [6.45, 7) is 3.43. The van der Waals surface area contributed by atoms with Crippen molar-refractivity contribution in [2.75, 3.05) is 0 Å². The van der Waals surface area contributed by atoms with E-state index in [0.717, 1.165) is 6.42 Å². The van der Waals surface area contributed by atoms with Gasteiger partial charge in [0.05, 0.1) is 0 Å². The van der Waals surface area contributed by atoms with Crippen molar-refractivity contribution in [3.05, 3.63) is 11.3 Å². The van der Waals surface area contributed by atoms with Crippen LogP contribution >= 0.6 is 0 Å². The van der Waals surface area contributed by atoms with Crippen molar-refractivity contribution in [3.8, 4) is 0 Å². The summed E-state index contributed by atoms with van der Waals surface area (Å²) in [6, 6.07) is 0. The van der Waals surface area contributed by atoms with Gasteiger partial charge >= 0.3 is 15.6 Å². The van der Waals surface area contributed by atoms with Crippen molar-refractivity contribution in [2.24, 2.45) is 5.92 Å². The summed E-state index contributed by atoms with van der Waals surface area (Å²) < 4.78 is 62.0. The maximum absolute atomic E-state index is 12.1. The molecule has 7 heteroatoms. The molecule has 94 valence electrons. The Hall–Kier alpha value is -0.720. The fourth-order valence-corrected chi connectivity index (χ4v) is 2.12. The molecule has 0 N–H and O–H groups in total. The molecule has 0 fully saturated rings. The van der Waals surface area contributed by atoms with Gasteiger partial charge in [0.15, 0.2) is 0 Å². The summed E-state index contributed by atoms with van der Waals surface area (Å²) in [5.41, 5.74) is -4.78. The predicted octanol–water partition coefficient (Wildman–Crippen LogP) is 2.95. The van der Waals surface area contributed by atoms with E-state index in [-0.39, 0.29) is 18.1 Å². The van der Waals surface area contributed by atoms with Gasteiger partial charge in [0.1, 0.15) is 5.76 Å². The van der Waals surface area contributed by atoms with Crippen LogP contribution in [0.1, 0.15) is 33.1 Å². The van der Waals surface area contributed by atoms with Crippen molar-refractivity contribution in [1.29, 1.82) is 0 Å². The third-order valence-corrected chi connectivity index (χ3v) is 3.70. The minimum atomic E-state index is -5.51. The Morgan fingerprint density at radius 3 is 2.44 bits per heavy atom. The first-order chi connectivity index (χ1) is 7.15. The van der Waals surface area contributed by atoms with Crippen LogP contribution in [0.25, 0.3) is 0 Å². The molecule has 0 saturated carbocycles. The van der Waals surface area contributed by atoms with Gasteiger partial charge in [0, 0.05) is 6.42 Å². The molecule has 1 atom stereocenters. The van der Waals surface area contributed by atoms with E-state index in [1.165, 1.54) is 0 Å². The summed E-state index contributed by atoms with van der Waals surface area (Å²) >= 11 is 0. The predicted molar refractivity (Wildman–Crippen MR) is 51.8 cm³/mol. The maximum Gasteiger partial charge on any atom is 0.534 e. The zero-order valence-electron chi connectivity index (χ0n) is 8.97. The monoisotopic (exact) mass is 258 g/mol. The zero-order chi connectivity index (χ0) is 12.6. The van der Waals surface area contributed by atoms with E-state index in [0.29, 0.717) is 12.0 Å². The Morgan fingerprint density at radius 2 is 1.94 bits per heavy atom. The molecular weight excluding hydrogens is 245 g/mol. The van der Waals surface area contributed by atoms with Crippen molar-refractivity contribution < 1.29 is 25.8 Å². The topological polar surface area (TPSA) is 43.4 Å². The van der Waals surface area contributed by atoms with Crippen LogP contribution in [0.5, 0.6) is 0 Å². The molecule has 0 aliphatic heterocycles. The number of alkyl halides is 3. The van der Waals surface area contributed by atoms with E-state index in [9.17, 15) is 21.6 Å². The van der Waals surface area contributed by atoms with Gasteiger partial charge in [-0.1, -0.05) is 6.92 Å². The summed E-state index contributed by atoms with van der Waals surface area (Å²) in [6.07, 6.45) is 1.72. The van der Waals surface area contributed by atoms with Gasteiger partial charge in [-0.25, -0.2) is 0 Å². The SMILES string of the molecule is CC1=C(OS(=O)(=O)C(F)(F)F)CCCC1C. The Bertz CT molecular complexity index is 395. The largest absolute Gasteiger partial charge is 0.534 e. The molecule has 0 amide bonds. The fourth-order valence-electron chi connectivity index (χ4n) is 1.54. The van der Waals surface area contributed by atoms with Crippen LogP contribution in [-0.2, 0) is 14.3 Å². The van der Waals surface area contributed by atoms with Gasteiger partial charge in [0.2, 0.25) is 0 Å². The molecule has 3 nitrogen and oxygen atoms in total. The molecule has 0 heterocycles. The van der Waals surface area contributed by atoms with Gasteiger partial charge < -0.3 is 4.18 Å². The quantitative estimate of drug-likeness (QED) is 0.565. The van der Waals surface area contributed by atoms with E-state index >= 15 is 0 Å². The van der Waals surface area contributed by atoms with Crippen LogP contribution in [0.2, 0.25) is 0 Å². The molecule has 16 heavy (non-hydrogen) atoms. The molecule has 1 rings (SSSR count). The number of hydrogen-bond donors (Lipinski definition) is 0. The minimum absolute atomic E-state index is 0.0592. The zero-order valence-corrected chi connectivity index (χ0v) is 9.78. The van der Waals surface area contributed by atoms with E-state index in [2.05, 4.69) is 4.18 Å². The van der Waals surface area contributed by atoms with E-state index in [1.54, 1.807) is 6.92 Å². The van der Waals surface area contributed by atoms with Crippen LogP contribution in [0.3, 0.4) is 0 Å². The van der Waals surface area contributed by atoms with Crippen LogP contribution in [0, 0.1) is 5.92 Å². The first-order valence-electron chi connectivity index (χ1n) is 4.85. The van der Waals surface area contributed by atoms with Crippen LogP contribution in [0.15, 0.2) is 11.3 Å². The highest BCUT2D eigenvalue weighted by Crippen LogP contribution is 2.34. The van der Waals surface area contributed by atoms with Crippen molar-refractivity contribution in [2.45, 2.75) is 38.6 Å². The van der Waals surface area contributed by atoms with E-state index in [4.69, 9.17) is 0 Å². The molecule has 0 radical (unpaired) electrons. The average molecular weight is 258 g/mol. The lowest BCUT2D eigenvalue weighted by Gasteiger charge is -2.23. The standard InChI is InChI=1S/C9H13F3O3S/c1-6-4-3-5-8(7(6)2)15-16(13,14)9(10,11)12/h6H,3-5H2,1-2H3. The van der Waals surface area contributed by atoms with Crippen molar-refractivity contribution in [3.63, 3.8) is 0 Å². The number of hydrogen-bond acceptors (Lipinski definition) is 3. The molecule has 1 unspecified atom stereocenters. The van der Waals surface area contributed by atoms with Crippen LogP contribution in [-0.4, -0.2) is 13.9 Å². The molecule has 0 aromatic heterocycles. The number of halogens is 3. The van der Waals surface area contributed by atoms with Gasteiger partial charge in [0.25, 0.3) is 0 Å². The average Bonchev–Trinajstić information content (AvgIpc) is 2.11. The Balaban J connectivity index is 2.94. The highest BCUT2D eigenvalue weighted by atomic mass is 32.2. The Labute approximate surface area is 92.4 Å². The van der Waals surface area contributed by atoms with Gasteiger partial charge in [-0.3, -0.25) is 0 Å². The molecule has 0 spiro atoms. The smallest absolute Gasteiger partial charge is 0.381 e. The summed E-state index contributed by atoms with van der Waals surface area (Å²) in [4.78, 5) is 0. The summed E-state index contributed by atoms with van der Waals surface area (Å²) in [5.74, 6) is 0.00302. The molecule has 1 aliphatic carbocycles. The second kappa shape index (κ2) is 4.27. The molecule has 0 aromatic carbocycles. The fraction of sp³-hybridized carbons (Fsp3) is 0.778. The Morgan fingerprint density at radius 1 is 1.38 bits per heavy atom. The van der Waals surface area contributed by atoms with Gasteiger partial charge in [-0.05, 0) is 31.3 Å². The second-order valence-corrected chi connectivity index (χ2v) is 5.42. The molecular formula is C9H13F3O3S. The first-order valence-corrected chi connectivity index (χ1v) is 6.26. The first kappa shape index (κ1) is 13.3. The normalized spacial score (nSPS) is 23.4. The van der Waals surface area contributed by atoms with Gasteiger partial charge in [-0.15, -0.1) is 0 Å². The van der Waals surface area contributed by atoms with Gasteiger partial charge in [-0.2, -0.15) is 21.6 Å². The van der Waals surface area contributed by atoms with E-state index in [1.807, 2.05) is 6.92 Å². The van der Waals surface area contributed by atoms with Crippen molar-refractivity contribution in [1.82, 2.24) is 0 Å². The molecule has 0 bridgehead atoms. The summed E-state index contributed by atoms with van der Waals surface area (Å²) in [7, 11) is -5.51. The highest BCUT2D eigenvalue weighted by molar-refractivity contribution is 7.87. The number of allylic oxidation sites excluding steroid dienone is 2. The van der Waals surface area contributed by atoms with Crippen LogP contribution < -0.4 is 0 Å². The third-order valence-electron chi connectivity index (χ3n) is 2.71. The lowest BCUT2D eigenvalue weighted by atomic mass is 9.89. The molecule has 0 saturated heterocycles. The van der Waals surface area contributed by atoms with Crippen molar-refractivity contribution >= 4 is 10.1 Å². The summed E-state index contributed by atoms with van der Waals surface area (Å²) in [5, 5.41) is 0. The van der Waals surface area contributed by atoms with E-state index < -0.39 is 15.6 Å². The third kappa shape index (κ3) is 2.69. The lowest BCUT2D eigenvalue weighted by Crippen LogP contribution is -2.26.